The molecule has 1 aliphatic rings. The molecule has 0 spiro atoms. The van der Waals surface area contributed by atoms with Crippen LogP contribution in [0.1, 0.15) is 24.8 Å². The van der Waals surface area contributed by atoms with E-state index in [1.54, 1.807) is 0 Å². The summed E-state index contributed by atoms with van der Waals surface area (Å²) in [6.07, 6.45) is 3.68. The Morgan fingerprint density at radius 3 is 2.85 bits per heavy atom. The smallest absolute Gasteiger partial charge is 0.227 e. The van der Waals surface area contributed by atoms with E-state index in [1.165, 1.54) is 6.42 Å². The van der Waals surface area contributed by atoms with E-state index in [0.29, 0.717) is 23.9 Å². The number of amides is 1. The first-order valence-corrected chi connectivity index (χ1v) is 7.29. The maximum Gasteiger partial charge on any atom is 0.227 e. The average Bonchev–Trinajstić information content (AvgIpc) is 2.42. The van der Waals surface area contributed by atoms with E-state index in [4.69, 9.17) is 17.3 Å². The maximum absolute atomic E-state index is 12.3. The Morgan fingerprint density at radius 2 is 2.15 bits per heavy atom. The Balaban J connectivity index is 0.00000200. The van der Waals surface area contributed by atoms with Crippen LogP contribution in [0, 0.1) is 5.92 Å². The van der Waals surface area contributed by atoms with Crippen LogP contribution in [-0.2, 0) is 11.2 Å². The first kappa shape index (κ1) is 17.3. The molecule has 0 aromatic heterocycles. The number of likely N-dealkylation sites (tertiary alicyclic amines) is 1. The Morgan fingerprint density at radius 1 is 1.40 bits per heavy atom. The molecule has 2 rings (SSSR count). The number of nitrogens with zero attached hydrogens (tertiary/aromatic N) is 1. The van der Waals surface area contributed by atoms with Crippen molar-refractivity contribution in [2.45, 2.75) is 25.7 Å². The molecule has 2 N–H and O–H groups in total. The number of rotatable bonds is 4. The second-order valence-electron chi connectivity index (χ2n) is 5.19. The van der Waals surface area contributed by atoms with Gasteiger partial charge in [0.05, 0.1) is 6.42 Å². The van der Waals surface area contributed by atoms with Crippen molar-refractivity contribution in [1.82, 2.24) is 4.90 Å². The normalized spacial score (nSPS) is 18.5. The van der Waals surface area contributed by atoms with Gasteiger partial charge in [0.25, 0.3) is 0 Å². The van der Waals surface area contributed by atoms with Gasteiger partial charge < -0.3 is 10.6 Å². The van der Waals surface area contributed by atoms with Crippen molar-refractivity contribution in [3.05, 3.63) is 34.9 Å². The molecule has 1 aromatic rings. The third kappa shape index (κ3) is 4.65. The zero-order valence-electron chi connectivity index (χ0n) is 11.6. The van der Waals surface area contributed by atoms with Crippen molar-refractivity contribution < 1.29 is 4.79 Å². The highest BCUT2D eigenvalue weighted by atomic mass is 35.5. The molecule has 1 atom stereocenters. The fourth-order valence-corrected chi connectivity index (χ4v) is 2.88. The predicted octanol–water partition coefficient (Wildman–Crippen LogP) is 2.89. The van der Waals surface area contributed by atoms with E-state index in [9.17, 15) is 4.79 Å². The second-order valence-corrected chi connectivity index (χ2v) is 5.60. The van der Waals surface area contributed by atoms with Crippen LogP contribution in [0.15, 0.2) is 24.3 Å². The van der Waals surface area contributed by atoms with Crippen LogP contribution in [0.2, 0.25) is 5.02 Å². The highest BCUT2D eigenvalue weighted by Gasteiger charge is 2.23. The molecule has 3 nitrogen and oxygen atoms in total. The maximum atomic E-state index is 12.3. The summed E-state index contributed by atoms with van der Waals surface area (Å²) in [6.45, 7) is 2.42. The SMILES string of the molecule is Cl.NCCC1CCCN(C(=O)Cc2ccccc2Cl)C1. The molecule has 20 heavy (non-hydrogen) atoms. The minimum absolute atomic E-state index is 0. The average molecular weight is 317 g/mol. The van der Waals surface area contributed by atoms with E-state index in [0.717, 1.165) is 31.5 Å². The predicted molar refractivity (Wildman–Crippen MR) is 85.4 cm³/mol. The molecule has 1 aliphatic heterocycles. The third-order valence-corrected chi connectivity index (χ3v) is 4.11. The molecule has 1 saturated heterocycles. The lowest BCUT2D eigenvalue weighted by Gasteiger charge is -2.32. The van der Waals surface area contributed by atoms with Crippen molar-refractivity contribution in [3.63, 3.8) is 0 Å². The van der Waals surface area contributed by atoms with Gasteiger partial charge in [0.2, 0.25) is 5.91 Å². The molecule has 5 heteroatoms. The standard InChI is InChI=1S/C15H21ClN2O.ClH/c16-14-6-2-1-5-13(14)10-15(19)18-9-3-4-12(11-18)7-8-17;/h1-2,5-6,12H,3-4,7-11,17H2;1H. The van der Waals surface area contributed by atoms with Gasteiger partial charge in [0.1, 0.15) is 0 Å². The third-order valence-electron chi connectivity index (χ3n) is 3.75. The summed E-state index contributed by atoms with van der Waals surface area (Å²) < 4.78 is 0. The van der Waals surface area contributed by atoms with Gasteiger partial charge in [-0.1, -0.05) is 29.8 Å². The summed E-state index contributed by atoms with van der Waals surface area (Å²) in [6, 6.07) is 7.55. The summed E-state index contributed by atoms with van der Waals surface area (Å²) >= 11 is 6.10. The van der Waals surface area contributed by atoms with Gasteiger partial charge in [-0.25, -0.2) is 0 Å². The molecule has 1 unspecified atom stereocenters. The van der Waals surface area contributed by atoms with Crippen molar-refractivity contribution in [2.75, 3.05) is 19.6 Å². The molecular weight excluding hydrogens is 295 g/mol. The quantitative estimate of drug-likeness (QED) is 0.928. The number of carbonyl (C=O) groups excluding carboxylic acids is 1. The van der Waals surface area contributed by atoms with Gasteiger partial charge >= 0.3 is 0 Å². The Kier molecular flexibility index (Phi) is 7.35. The number of hydrogen-bond acceptors (Lipinski definition) is 2. The number of hydrogen-bond donors (Lipinski definition) is 1. The molecule has 1 fully saturated rings. The van der Waals surface area contributed by atoms with Crippen LogP contribution in [0.5, 0.6) is 0 Å². The molecule has 1 amide bonds. The topological polar surface area (TPSA) is 46.3 Å². The van der Waals surface area contributed by atoms with Gasteiger partial charge in [0.15, 0.2) is 0 Å². The lowest BCUT2D eigenvalue weighted by atomic mass is 9.94. The largest absolute Gasteiger partial charge is 0.342 e. The van der Waals surface area contributed by atoms with Crippen LogP contribution in [0.3, 0.4) is 0 Å². The minimum atomic E-state index is 0. The number of nitrogens with two attached hydrogens (primary N) is 1. The van der Waals surface area contributed by atoms with Crippen LogP contribution >= 0.6 is 24.0 Å². The molecule has 1 aromatic carbocycles. The molecule has 0 saturated carbocycles. The lowest BCUT2D eigenvalue weighted by molar-refractivity contribution is -0.132. The Hall–Kier alpha value is -0.770. The van der Waals surface area contributed by atoms with Crippen LogP contribution < -0.4 is 5.73 Å². The monoisotopic (exact) mass is 316 g/mol. The first-order chi connectivity index (χ1) is 9.20. The van der Waals surface area contributed by atoms with Gasteiger partial charge in [-0.2, -0.15) is 0 Å². The highest BCUT2D eigenvalue weighted by Crippen LogP contribution is 2.21. The van der Waals surface area contributed by atoms with E-state index in [2.05, 4.69) is 0 Å². The van der Waals surface area contributed by atoms with Gasteiger partial charge in [-0.3, -0.25) is 4.79 Å². The zero-order valence-corrected chi connectivity index (χ0v) is 13.1. The van der Waals surface area contributed by atoms with Crippen molar-refractivity contribution >= 4 is 29.9 Å². The molecule has 112 valence electrons. The first-order valence-electron chi connectivity index (χ1n) is 6.92. The summed E-state index contributed by atoms with van der Waals surface area (Å²) in [7, 11) is 0. The van der Waals surface area contributed by atoms with Crippen LogP contribution in [0.4, 0.5) is 0 Å². The molecule has 0 bridgehead atoms. The van der Waals surface area contributed by atoms with Gasteiger partial charge in [0, 0.05) is 18.1 Å². The molecular formula is C15H22Cl2N2O. The van der Waals surface area contributed by atoms with E-state index < -0.39 is 0 Å². The molecule has 0 radical (unpaired) electrons. The fourth-order valence-electron chi connectivity index (χ4n) is 2.68. The summed E-state index contributed by atoms with van der Waals surface area (Å²) in [5.41, 5.74) is 6.52. The zero-order chi connectivity index (χ0) is 13.7. The van der Waals surface area contributed by atoms with Gasteiger partial charge in [-0.15, -0.1) is 12.4 Å². The number of piperidine rings is 1. The Bertz CT molecular complexity index is 438. The summed E-state index contributed by atoms with van der Waals surface area (Å²) in [5, 5.41) is 0.673. The summed E-state index contributed by atoms with van der Waals surface area (Å²) in [5.74, 6) is 0.740. The van der Waals surface area contributed by atoms with Crippen molar-refractivity contribution in [1.29, 1.82) is 0 Å². The molecule has 0 aliphatic carbocycles. The van der Waals surface area contributed by atoms with Crippen LogP contribution in [0.25, 0.3) is 0 Å². The number of carbonyl (C=O) groups is 1. The van der Waals surface area contributed by atoms with Gasteiger partial charge in [-0.05, 0) is 43.4 Å². The Labute approximate surface area is 131 Å². The fraction of sp³-hybridized carbons (Fsp3) is 0.533. The van der Waals surface area contributed by atoms with Crippen molar-refractivity contribution in [3.8, 4) is 0 Å². The van der Waals surface area contributed by atoms with Crippen LogP contribution in [-0.4, -0.2) is 30.4 Å². The minimum Gasteiger partial charge on any atom is -0.342 e. The van der Waals surface area contributed by atoms with Crippen molar-refractivity contribution in [2.24, 2.45) is 11.7 Å². The number of halogens is 2. The van der Waals surface area contributed by atoms with E-state index in [1.807, 2.05) is 29.2 Å². The van der Waals surface area contributed by atoms with E-state index >= 15 is 0 Å². The molecule has 1 heterocycles. The second kappa shape index (κ2) is 8.50. The lowest BCUT2D eigenvalue weighted by Crippen LogP contribution is -2.41. The van der Waals surface area contributed by atoms with E-state index in [-0.39, 0.29) is 18.3 Å². The number of benzene rings is 1. The highest BCUT2D eigenvalue weighted by molar-refractivity contribution is 6.31. The summed E-state index contributed by atoms with van der Waals surface area (Å²) in [4.78, 5) is 14.3.